The van der Waals surface area contributed by atoms with Gasteiger partial charge in [0.25, 0.3) is 0 Å². The summed E-state index contributed by atoms with van der Waals surface area (Å²) in [4.78, 5) is 14.9. The minimum absolute atomic E-state index is 0.334. The largest absolute Gasteiger partial charge is 0.378 e. The predicted molar refractivity (Wildman–Crippen MR) is 90.2 cm³/mol. The lowest BCUT2D eigenvalue weighted by atomic mass is 9.91. The minimum Gasteiger partial charge on any atom is -0.378 e. The normalized spacial score (nSPS) is 31.7. The van der Waals surface area contributed by atoms with E-state index in [9.17, 15) is 4.79 Å². The maximum atomic E-state index is 12.8. The van der Waals surface area contributed by atoms with Crippen molar-refractivity contribution in [2.24, 2.45) is 17.3 Å². The minimum atomic E-state index is 0.334. The average Bonchev–Trinajstić information content (AvgIpc) is 3.04. The molecule has 1 spiro atoms. The molecule has 0 aromatic rings. The monoisotopic (exact) mass is 320 g/mol. The van der Waals surface area contributed by atoms with Crippen molar-refractivity contribution >= 4 is 5.91 Å². The highest BCUT2D eigenvalue weighted by Gasteiger charge is 2.58. The van der Waals surface area contributed by atoms with Crippen LogP contribution in [-0.4, -0.2) is 49.7 Å². The number of piperidine rings is 2. The van der Waals surface area contributed by atoms with Crippen LogP contribution in [0, 0.1) is 17.3 Å². The number of hydrogen-bond acceptors (Lipinski definition) is 3. The Kier molecular flexibility index (Phi) is 4.64. The van der Waals surface area contributed by atoms with E-state index in [0.29, 0.717) is 23.3 Å². The molecular formula is C19H32N2O2. The highest BCUT2D eigenvalue weighted by Crippen LogP contribution is 2.59. The third-order valence-electron chi connectivity index (χ3n) is 6.88. The first-order valence-electron chi connectivity index (χ1n) is 9.88. The zero-order valence-electron chi connectivity index (χ0n) is 14.4. The number of ether oxygens (including phenoxy) is 1. The molecule has 4 aliphatic rings. The van der Waals surface area contributed by atoms with Gasteiger partial charge in [-0.2, -0.15) is 0 Å². The first-order valence-corrected chi connectivity index (χ1v) is 9.88. The molecule has 1 unspecified atom stereocenters. The molecule has 0 aromatic carbocycles. The van der Waals surface area contributed by atoms with Crippen LogP contribution in [0.4, 0.5) is 0 Å². The van der Waals surface area contributed by atoms with Crippen molar-refractivity contribution in [2.75, 3.05) is 32.8 Å². The van der Waals surface area contributed by atoms with Gasteiger partial charge in [0.05, 0.1) is 6.10 Å². The molecular weight excluding hydrogens is 288 g/mol. The Labute approximate surface area is 140 Å². The molecule has 2 saturated heterocycles. The zero-order valence-corrected chi connectivity index (χ0v) is 14.4. The predicted octanol–water partition coefficient (Wildman–Crippen LogP) is 2.57. The topological polar surface area (TPSA) is 41.6 Å². The number of hydrogen-bond donors (Lipinski definition) is 1. The Hall–Kier alpha value is -0.610. The molecule has 2 heterocycles. The molecule has 1 atom stereocenters. The summed E-state index contributed by atoms with van der Waals surface area (Å²) < 4.78 is 6.13. The smallest absolute Gasteiger partial charge is 0.226 e. The fourth-order valence-electron chi connectivity index (χ4n) is 5.09. The van der Waals surface area contributed by atoms with E-state index in [0.717, 1.165) is 58.0 Å². The summed E-state index contributed by atoms with van der Waals surface area (Å²) in [6.45, 7) is 4.98. The summed E-state index contributed by atoms with van der Waals surface area (Å²) in [6.07, 6.45) is 11.5. The van der Waals surface area contributed by atoms with E-state index in [1.54, 1.807) is 0 Å². The molecule has 23 heavy (non-hydrogen) atoms. The first-order chi connectivity index (χ1) is 11.3. The molecule has 2 saturated carbocycles. The maximum absolute atomic E-state index is 12.8. The summed E-state index contributed by atoms with van der Waals surface area (Å²) in [5, 5.41) is 3.42. The van der Waals surface area contributed by atoms with Gasteiger partial charge in [-0.3, -0.25) is 4.79 Å². The Morgan fingerprint density at radius 3 is 2.48 bits per heavy atom. The molecule has 4 nitrogen and oxygen atoms in total. The second kappa shape index (κ2) is 6.72. The quantitative estimate of drug-likeness (QED) is 0.865. The molecule has 2 aliphatic carbocycles. The maximum Gasteiger partial charge on any atom is 0.226 e. The fraction of sp³-hybridized carbons (Fsp3) is 0.947. The van der Waals surface area contributed by atoms with Gasteiger partial charge in [0.15, 0.2) is 0 Å². The highest BCUT2D eigenvalue weighted by atomic mass is 16.5. The van der Waals surface area contributed by atoms with Crippen molar-refractivity contribution in [3.05, 3.63) is 0 Å². The number of nitrogens with one attached hydrogen (secondary N) is 1. The van der Waals surface area contributed by atoms with Gasteiger partial charge in [-0.15, -0.1) is 0 Å². The van der Waals surface area contributed by atoms with Gasteiger partial charge in [0.2, 0.25) is 5.91 Å². The van der Waals surface area contributed by atoms with E-state index in [-0.39, 0.29) is 0 Å². The molecule has 0 radical (unpaired) electrons. The van der Waals surface area contributed by atoms with E-state index in [1.165, 1.54) is 38.5 Å². The van der Waals surface area contributed by atoms with Gasteiger partial charge in [0, 0.05) is 25.6 Å². The second-order valence-corrected chi connectivity index (χ2v) is 8.38. The summed E-state index contributed by atoms with van der Waals surface area (Å²) >= 11 is 0. The van der Waals surface area contributed by atoms with Gasteiger partial charge in [0.1, 0.15) is 0 Å². The van der Waals surface area contributed by atoms with Crippen LogP contribution in [-0.2, 0) is 9.53 Å². The number of likely N-dealkylation sites (tertiary alicyclic amines) is 1. The second-order valence-electron chi connectivity index (χ2n) is 8.38. The van der Waals surface area contributed by atoms with Crippen LogP contribution < -0.4 is 5.32 Å². The fourth-order valence-corrected chi connectivity index (χ4v) is 5.09. The van der Waals surface area contributed by atoms with Crippen molar-refractivity contribution in [3.63, 3.8) is 0 Å². The molecule has 4 rings (SSSR count). The van der Waals surface area contributed by atoms with Crippen LogP contribution in [0.1, 0.15) is 57.8 Å². The summed E-state index contributed by atoms with van der Waals surface area (Å²) in [6, 6.07) is 0. The molecule has 4 heteroatoms. The lowest BCUT2D eigenvalue weighted by Gasteiger charge is -2.33. The lowest BCUT2D eigenvalue weighted by molar-refractivity contribution is -0.136. The number of nitrogens with zero attached hydrogens (tertiary/aromatic N) is 1. The van der Waals surface area contributed by atoms with Crippen molar-refractivity contribution in [3.8, 4) is 0 Å². The summed E-state index contributed by atoms with van der Waals surface area (Å²) in [5.41, 5.74) is 0.373. The molecule has 0 bridgehead atoms. The van der Waals surface area contributed by atoms with Gasteiger partial charge in [-0.05, 0) is 69.4 Å². The summed E-state index contributed by atoms with van der Waals surface area (Å²) in [7, 11) is 0. The van der Waals surface area contributed by atoms with Gasteiger partial charge in [-0.1, -0.05) is 12.8 Å². The van der Waals surface area contributed by atoms with Crippen LogP contribution in [0.5, 0.6) is 0 Å². The Morgan fingerprint density at radius 1 is 1.09 bits per heavy atom. The van der Waals surface area contributed by atoms with E-state index >= 15 is 0 Å². The number of rotatable bonds is 4. The molecule has 4 fully saturated rings. The van der Waals surface area contributed by atoms with Gasteiger partial charge >= 0.3 is 0 Å². The van der Waals surface area contributed by atoms with E-state index in [2.05, 4.69) is 10.2 Å². The van der Waals surface area contributed by atoms with Gasteiger partial charge in [-0.25, -0.2) is 0 Å². The molecule has 1 amide bonds. The van der Waals surface area contributed by atoms with Crippen molar-refractivity contribution in [2.45, 2.75) is 63.9 Å². The summed E-state index contributed by atoms with van der Waals surface area (Å²) in [5.74, 6) is 1.59. The number of carbonyl (C=O) groups excluding carboxylic acids is 1. The van der Waals surface area contributed by atoms with Crippen LogP contribution in [0.15, 0.2) is 0 Å². The Morgan fingerprint density at radius 2 is 1.78 bits per heavy atom. The molecule has 0 aromatic heterocycles. The van der Waals surface area contributed by atoms with Crippen LogP contribution in [0.2, 0.25) is 0 Å². The van der Waals surface area contributed by atoms with Gasteiger partial charge < -0.3 is 15.0 Å². The third kappa shape index (κ3) is 3.43. The van der Waals surface area contributed by atoms with Crippen LogP contribution in [0.25, 0.3) is 0 Å². The molecule has 2 aliphatic heterocycles. The van der Waals surface area contributed by atoms with E-state index in [1.807, 2.05) is 0 Å². The van der Waals surface area contributed by atoms with E-state index < -0.39 is 0 Å². The lowest BCUT2D eigenvalue weighted by Crippen LogP contribution is -2.43. The average molecular weight is 320 g/mol. The SMILES string of the molecule is O=C(C1CC12CCNCC2)N1CCC(OCC2CCCC2)CC1. The number of carbonyl (C=O) groups is 1. The molecule has 130 valence electrons. The molecule has 1 N–H and O–H groups in total. The Balaban J connectivity index is 1.20. The zero-order chi connectivity index (χ0) is 15.7. The van der Waals surface area contributed by atoms with Crippen molar-refractivity contribution < 1.29 is 9.53 Å². The van der Waals surface area contributed by atoms with Crippen molar-refractivity contribution in [1.29, 1.82) is 0 Å². The highest BCUT2D eigenvalue weighted by molar-refractivity contribution is 5.82. The third-order valence-corrected chi connectivity index (χ3v) is 6.88. The Bertz CT molecular complexity index is 419. The van der Waals surface area contributed by atoms with Crippen molar-refractivity contribution in [1.82, 2.24) is 10.2 Å². The first kappa shape index (κ1) is 15.9. The number of amides is 1. The van der Waals surface area contributed by atoms with Crippen LogP contribution in [0.3, 0.4) is 0 Å². The standard InChI is InChI=1S/C19H32N2O2/c22-18(17-13-19(17)7-9-20-10-8-19)21-11-5-16(6-12-21)23-14-15-3-1-2-4-15/h15-17,20H,1-14H2. The van der Waals surface area contributed by atoms with E-state index in [4.69, 9.17) is 4.74 Å². The van der Waals surface area contributed by atoms with Crippen LogP contribution >= 0.6 is 0 Å².